The van der Waals surface area contributed by atoms with E-state index in [9.17, 15) is 5.26 Å². The van der Waals surface area contributed by atoms with Crippen molar-refractivity contribution in [2.24, 2.45) is 0 Å². The molecule has 3 heterocycles. The first kappa shape index (κ1) is 19.6. The van der Waals surface area contributed by atoms with E-state index in [0.29, 0.717) is 22.7 Å². The van der Waals surface area contributed by atoms with Crippen molar-refractivity contribution in [3.63, 3.8) is 0 Å². The van der Waals surface area contributed by atoms with Gasteiger partial charge in [-0.2, -0.15) is 5.26 Å². The summed E-state index contributed by atoms with van der Waals surface area (Å²) in [5.74, 6) is 1.42. The molecule has 5 nitrogen and oxygen atoms in total. The van der Waals surface area contributed by atoms with Gasteiger partial charge in [-0.3, -0.25) is 4.40 Å². The molecule has 0 saturated carbocycles. The van der Waals surface area contributed by atoms with Gasteiger partial charge in [-0.25, -0.2) is 4.98 Å². The number of aromatic nitrogens is 2. The number of benzene rings is 3. The van der Waals surface area contributed by atoms with Crippen LogP contribution in [0.25, 0.3) is 40.1 Å². The van der Waals surface area contributed by atoms with Gasteiger partial charge in [-0.15, -0.1) is 0 Å². The lowest BCUT2D eigenvalue weighted by atomic mass is 10.0. The standard InChI is InChI=1S/C27H16BrN3O2/c28-21-14-26-25(32-16-33-26)13-19(21)11-10-18-12-24(17-6-2-1-3-7-17)31-23-9-5-4-8-22(23)30-27(31)20(18)15-29/h1-14H,16H2. The fraction of sp³-hybridized carbons (Fsp3) is 0.0370. The van der Waals surface area contributed by atoms with E-state index in [1.54, 1.807) is 0 Å². The summed E-state index contributed by atoms with van der Waals surface area (Å²) < 4.78 is 13.9. The number of ether oxygens (including phenoxy) is 2. The van der Waals surface area contributed by atoms with Gasteiger partial charge in [0.1, 0.15) is 11.6 Å². The summed E-state index contributed by atoms with van der Waals surface area (Å²) in [6.07, 6.45) is 3.92. The Morgan fingerprint density at radius 3 is 2.45 bits per heavy atom. The van der Waals surface area contributed by atoms with Crippen LogP contribution in [0, 0.1) is 11.3 Å². The number of imidazole rings is 1. The third-order valence-corrected chi connectivity index (χ3v) is 6.41. The van der Waals surface area contributed by atoms with Crippen LogP contribution in [-0.4, -0.2) is 16.2 Å². The molecule has 1 aliphatic rings. The Balaban J connectivity index is 1.59. The van der Waals surface area contributed by atoms with Crippen LogP contribution in [0.4, 0.5) is 0 Å². The number of fused-ring (bicyclic) bond motifs is 4. The molecule has 5 aromatic rings. The molecular formula is C27H16BrN3O2. The van der Waals surface area contributed by atoms with Gasteiger partial charge < -0.3 is 9.47 Å². The van der Waals surface area contributed by atoms with E-state index in [1.165, 1.54) is 0 Å². The first-order chi connectivity index (χ1) is 16.2. The van der Waals surface area contributed by atoms with E-state index in [0.717, 1.165) is 37.9 Å². The quantitative estimate of drug-likeness (QED) is 0.281. The highest BCUT2D eigenvalue weighted by molar-refractivity contribution is 9.10. The minimum atomic E-state index is 0.220. The second kappa shape index (κ2) is 7.80. The van der Waals surface area contributed by atoms with Crippen LogP contribution in [0.5, 0.6) is 11.5 Å². The number of hydrogen-bond acceptors (Lipinski definition) is 4. The number of hydrogen-bond donors (Lipinski definition) is 0. The zero-order chi connectivity index (χ0) is 22.4. The lowest BCUT2D eigenvalue weighted by molar-refractivity contribution is 0.174. The van der Waals surface area contributed by atoms with E-state index in [4.69, 9.17) is 14.5 Å². The fourth-order valence-electron chi connectivity index (χ4n) is 4.16. The summed E-state index contributed by atoms with van der Waals surface area (Å²) in [6, 6.07) is 26.3. The molecule has 0 spiro atoms. The molecular weight excluding hydrogens is 478 g/mol. The lowest BCUT2D eigenvalue weighted by Gasteiger charge is -2.11. The molecule has 0 fully saturated rings. The molecule has 0 unspecified atom stereocenters. The molecule has 0 aliphatic carbocycles. The fourth-order valence-corrected chi connectivity index (χ4v) is 4.61. The third-order valence-electron chi connectivity index (χ3n) is 5.72. The Kier molecular flexibility index (Phi) is 4.63. The predicted octanol–water partition coefficient (Wildman–Crippen LogP) is 6.69. The van der Waals surface area contributed by atoms with E-state index >= 15 is 0 Å². The second-order valence-corrected chi connectivity index (χ2v) is 8.51. The molecule has 0 saturated heterocycles. The Bertz CT molecular complexity index is 1610. The Morgan fingerprint density at radius 1 is 0.909 bits per heavy atom. The highest BCUT2D eigenvalue weighted by atomic mass is 79.9. The number of nitrogens with zero attached hydrogens (tertiary/aromatic N) is 3. The van der Waals surface area contributed by atoms with Crippen LogP contribution < -0.4 is 9.47 Å². The zero-order valence-electron chi connectivity index (χ0n) is 17.3. The van der Waals surface area contributed by atoms with Crippen molar-refractivity contribution < 1.29 is 9.47 Å². The molecule has 0 radical (unpaired) electrons. The van der Waals surface area contributed by atoms with Crippen molar-refractivity contribution in [1.29, 1.82) is 5.26 Å². The van der Waals surface area contributed by atoms with Crippen LogP contribution in [0.2, 0.25) is 0 Å². The van der Waals surface area contributed by atoms with Crippen molar-refractivity contribution in [2.45, 2.75) is 0 Å². The summed E-state index contributed by atoms with van der Waals surface area (Å²) in [5.41, 5.74) is 6.74. The molecule has 2 aromatic heterocycles. The molecule has 3 aromatic carbocycles. The van der Waals surface area contributed by atoms with Crippen LogP contribution >= 0.6 is 15.9 Å². The van der Waals surface area contributed by atoms with E-state index in [2.05, 4.69) is 38.5 Å². The van der Waals surface area contributed by atoms with E-state index < -0.39 is 0 Å². The van der Waals surface area contributed by atoms with Crippen LogP contribution in [0.15, 0.2) is 77.3 Å². The first-order valence-corrected chi connectivity index (χ1v) is 11.2. The van der Waals surface area contributed by atoms with Gasteiger partial charge in [0, 0.05) is 4.47 Å². The van der Waals surface area contributed by atoms with Crippen molar-refractivity contribution in [1.82, 2.24) is 9.38 Å². The van der Waals surface area contributed by atoms with Gasteiger partial charge in [-0.05, 0) is 47.0 Å². The van der Waals surface area contributed by atoms with Crippen LogP contribution in [-0.2, 0) is 0 Å². The number of rotatable bonds is 3. The highest BCUT2D eigenvalue weighted by Crippen LogP contribution is 2.38. The number of nitriles is 1. The average molecular weight is 494 g/mol. The molecule has 0 bridgehead atoms. The summed E-state index contributed by atoms with van der Waals surface area (Å²) in [6.45, 7) is 0.220. The van der Waals surface area contributed by atoms with Gasteiger partial charge in [0.2, 0.25) is 6.79 Å². The van der Waals surface area contributed by atoms with E-state index in [1.807, 2.05) is 72.8 Å². The maximum Gasteiger partial charge on any atom is 0.231 e. The summed E-state index contributed by atoms with van der Waals surface area (Å²) in [7, 11) is 0. The maximum absolute atomic E-state index is 10.1. The summed E-state index contributed by atoms with van der Waals surface area (Å²) >= 11 is 3.60. The number of halogens is 1. The summed E-state index contributed by atoms with van der Waals surface area (Å²) in [4.78, 5) is 4.81. The van der Waals surface area contributed by atoms with Crippen LogP contribution in [0.1, 0.15) is 16.7 Å². The normalized spacial score (nSPS) is 12.6. The third kappa shape index (κ3) is 3.25. The molecule has 0 amide bonds. The minimum Gasteiger partial charge on any atom is -0.454 e. The van der Waals surface area contributed by atoms with Gasteiger partial charge in [0.25, 0.3) is 0 Å². The SMILES string of the molecule is N#Cc1c(C=Cc2cc3c(cc2Br)OCO3)cc(-c2ccccc2)n2c1nc1ccccc12. The van der Waals surface area contributed by atoms with Gasteiger partial charge in [0.15, 0.2) is 17.1 Å². The zero-order valence-corrected chi connectivity index (χ0v) is 18.9. The predicted molar refractivity (Wildman–Crippen MR) is 132 cm³/mol. The number of pyridine rings is 1. The van der Waals surface area contributed by atoms with Gasteiger partial charge in [0.05, 0.1) is 16.7 Å². The van der Waals surface area contributed by atoms with E-state index in [-0.39, 0.29) is 6.79 Å². The minimum absolute atomic E-state index is 0.220. The Labute approximate surface area is 198 Å². The summed E-state index contributed by atoms with van der Waals surface area (Å²) in [5, 5.41) is 10.1. The Morgan fingerprint density at radius 2 is 1.64 bits per heavy atom. The largest absolute Gasteiger partial charge is 0.454 e. The highest BCUT2D eigenvalue weighted by Gasteiger charge is 2.18. The van der Waals surface area contributed by atoms with Crippen molar-refractivity contribution in [2.75, 3.05) is 6.79 Å². The van der Waals surface area contributed by atoms with Crippen molar-refractivity contribution in [3.05, 3.63) is 94.0 Å². The topological polar surface area (TPSA) is 59.5 Å². The number of para-hydroxylation sites is 2. The lowest BCUT2D eigenvalue weighted by Crippen LogP contribution is -1.98. The second-order valence-electron chi connectivity index (χ2n) is 7.66. The molecule has 6 heteroatoms. The average Bonchev–Trinajstić information content (AvgIpc) is 3.46. The van der Waals surface area contributed by atoms with Crippen molar-refractivity contribution in [3.8, 4) is 28.8 Å². The van der Waals surface area contributed by atoms with Gasteiger partial charge >= 0.3 is 0 Å². The van der Waals surface area contributed by atoms with Gasteiger partial charge in [-0.1, -0.05) is 70.5 Å². The molecule has 1 aliphatic heterocycles. The monoisotopic (exact) mass is 493 g/mol. The molecule has 6 rings (SSSR count). The smallest absolute Gasteiger partial charge is 0.231 e. The Hall–Kier alpha value is -4.08. The molecule has 33 heavy (non-hydrogen) atoms. The maximum atomic E-state index is 10.1. The molecule has 158 valence electrons. The first-order valence-electron chi connectivity index (χ1n) is 10.4. The molecule has 0 atom stereocenters. The molecule has 0 N–H and O–H groups in total. The van der Waals surface area contributed by atoms with Crippen molar-refractivity contribution >= 4 is 44.8 Å². The van der Waals surface area contributed by atoms with Crippen LogP contribution in [0.3, 0.4) is 0 Å².